The predicted molar refractivity (Wildman–Crippen MR) is 41.3 cm³/mol. The van der Waals surface area contributed by atoms with Gasteiger partial charge in [0, 0.05) is 25.0 Å². The molecule has 2 heterocycles. The lowest BCUT2D eigenvalue weighted by Gasteiger charge is -2.36. The Morgan fingerprint density at radius 3 is 3.18 bits per heavy atom. The van der Waals surface area contributed by atoms with Crippen LogP contribution in [-0.4, -0.2) is 31.7 Å². The number of rotatable bonds is 0. The summed E-state index contributed by atoms with van der Waals surface area (Å²) in [5, 5.41) is 9.03. The summed E-state index contributed by atoms with van der Waals surface area (Å²) in [5.41, 5.74) is 0. The highest BCUT2D eigenvalue weighted by molar-refractivity contribution is 5.75. The molecule has 0 bridgehead atoms. The van der Waals surface area contributed by atoms with Crippen LogP contribution in [0.15, 0.2) is 0 Å². The first-order valence-corrected chi connectivity index (χ1v) is 4.11. The number of piperidine rings is 1. The molecule has 4 heteroatoms. The van der Waals surface area contributed by atoms with E-state index in [9.17, 15) is 4.79 Å². The van der Waals surface area contributed by atoms with Crippen LogP contribution in [0.5, 0.6) is 0 Å². The molecule has 2 aliphatic heterocycles. The van der Waals surface area contributed by atoms with Crippen molar-refractivity contribution >= 4 is 6.03 Å². The molecule has 4 nitrogen and oxygen atoms in total. The second kappa shape index (κ2) is 2.70. The van der Waals surface area contributed by atoms with Gasteiger partial charge in [0.15, 0.2) is 0 Å². The molecule has 2 aliphatic rings. The average Bonchev–Trinajstić information content (AvgIpc) is 2.04. The molecule has 11 heavy (non-hydrogen) atoms. The van der Waals surface area contributed by atoms with Gasteiger partial charge in [-0.15, -0.1) is 0 Å². The van der Waals surface area contributed by atoms with E-state index >= 15 is 0 Å². The Morgan fingerprint density at radius 2 is 2.27 bits per heavy atom. The molecule has 0 aromatic heterocycles. The van der Waals surface area contributed by atoms with Gasteiger partial charge in [-0.3, -0.25) is 0 Å². The predicted octanol–water partition coefficient (Wildman–Crippen LogP) is -0.723. The molecular weight excluding hydrogens is 142 g/mol. The number of fused-ring (bicyclic) bond motifs is 1. The van der Waals surface area contributed by atoms with Crippen molar-refractivity contribution in [1.29, 1.82) is 0 Å². The fraction of sp³-hybridized carbons (Fsp3) is 0.857. The van der Waals surface area contributed by atoms with Crippen molar-refractivity contribution in [2.24, 2.45) is 5.92 Å². The molecule has 0 spiro atoms. The molecule has 2 atom stereocenters. The van der Waals surface area contributed by atoms with Gasteiger partial charge in [-0.2, -0.15) is 0 Å². The normalized spacial score (nSPS) is 36.9. The highest BCUT2D eigenvalue weighted by Gasteiger charge is 2.29. The molecule has 2 saturated heterocycles. The SMILES string of the molecule is O=C1NC[C@@H]2CNCC[C@H]2N1. The first-order chi connectivity index (χ1) is 5.36. The van der Waals surface area contributed by atoms with Crippen LogP contribution in [0.25, 0.3) is 0 Å². The summed E-state index contributed by atoms with van der Waals surface area (Å²) in [6.07, 6.45) is 1.07. The van der Waals surface area contributed by atoms with E-state index in [2.05, 4.69) is 16.0 Å². The second-order valence-corrected chi connectivity index (χ2v) is 3.21. The minimum absolute atomic E-state index is 0.00634. The van der Waals surface area contributed by atoms with E-state index in [-0.39, 0.29) is 6.03 Å². The Bertz CT molecular complexity index is 171. The van der Waals surface area contributed by atoms with E-state index in [1.165, 1.54) is 0 Å². The van der Waals surface area contributed by atoms with E-state index in [0.29, 0.717) is 12.0 Å². The number of urea groups is 1. The summed E-state index contributed by atoms with van der Waals surface area (Å²) in [4.78, 5) is 10.9. The fourth-order valence-electron chi connectivity index (χ4n) is 1.77. The fourth-order valence-corrected chi connectivity index (χ4v) is 1.77. The van der Waals surface area contributed by atoms with E-state index in [4.69, 9.17) is 0 Å². The Balaban J connectivity index is 1.98. The maximum absolute atomic E-state index is 10.9. The van der Waals surface area contributed by atoms with Crippen molar-refractivity contribution in [3.63, 3.8) is 0 Å². The summed E-state index contributed by atoms with van der Waals surface area (Å²) in [5.74, 6) is 0.585. The molecule has 0 radical (unpaired) electrons. The lowest BCUT2D eigenvalue weighted by molar-refractivity contribution is 0.199. The third kappa shape index (κ3) is 1.30. The molecule has 0 unspecified atom stereocenters. The molecule has 62 valence electrons. The maximum atomic E-state index is 10.9. The van der Waals surface area contributed by atoms with E-state index in [0.717, 1.165) is 26.1 Å². The summed E-state index contributed by atoms with van der Waals surface area (Å²) >= 11 is 0. The van der Waals surface area contributed by atoms with Gasteiger partial charge in [0.05, 0.1) is 0 Å². The van der Waals surface area contributed by atoms with E-state index < -0.39 is 0 Å². The largest absolute Gasteiger partial charge is 0.338 e. The van der Waals surface area contributed by atoms with Crippen molar-refractivity contribution in [2.75, 3.05) is 19.6 Å². The van der Waals surface area contributed by atoms with Crippen molar-refractivity contribution in [3.05, 3.63) is 0 Å². The zero-order valence-electron chi connectivity index (χ0n) is 6.39. The number of hydrogen-bond donors (Lipinski definition) is 3. The standard InChI is InChI=1S/C7H13N3O/c11-7-9-4-5-3-8-2-1-6(5)10-7/h5-6,8H,1-4H2,(H2,9,10,11)/t5-,6+/m0/s1. The lowest BCUT2D eigenvalue weighted by atomic mass is 9.92. The van der Waals surface area contributed by atoms with Gasteiger partial charge in [-0.05, 0) is 13.0 Å². The first-order valence-electron chi connectivity index (χ1n) is 4.11. The van der Waals surface area contributed by atoms with E-state index in [1.54, 1.807) is 0 Å². The summed E-state index contributed by atoms with van der Waals surface area (Å²) in [7, 11) is 0. The van der Waals surface area contributed by atoms with Crippen molar-refractivity contribution < 1.29 is 4.79 Å². The summed E-state index contributed by atoms with van der Waals surface area (Å²) in [6.45, 7) is 2.88. The van der Waals surface area contributed by atoms with Crippen LogP contribution in [0.2, 0.25) is 0 Å². The monoisotopic (exact) mass is 155 g/mol. The topological polar surface area (TPSA) is 53.2 Å². The lowest BCUT2D eigenvalue weighted by Crippen LogP contribution is -2.60. The van der Waals surface area contributed by atoms with Gasteiger partial charge < -0.3 is 16.0 Å². The molecule has 0 aliphatic carbocycles. The van der Waals surface area contributed by atoms with Crippen LogP contribution >= 0.6 is 0 Å². The van der Waals surface area contributed by atoms with Crippen LogP contribution in [-0.2, 0) is 0 Å². The van der Waals surface area contributed by atoms with Crippen LogP contribution < -0.4 is 16.0 Å². The number of carbonyl (C=O) groups excluding carboxylic acids is 1. The zero-order valence-corrected chi connectivity index (χ0v) is 6.39. The van der Waals surface area contributed by atoms with Gasteiger partial charge >= 0.3 is 6.03 Å². The van der Waals surface area contributed by atoms with Crippen LogP contribution in [0, 0.1) is 5.92 Å². The molecule has 0 aromatic carbocycles. The number of nitrogens with one attached hydrogen (secondary N) is 3. The average molecular weight is 155 g/mol. The smallest absolute Gasteiger partial charge is 0.315 e. The number of carbonyl (C=O) groups is 1. The molecule has 3 N–H and O–H groups in total. The van der Waals surface area contributed by atoms with Crippen molar-refractivity contribution in [2.45, 2.75) is 12.5 Å². The molecule has 0 aromatic rings. The highest BCUT2D eigenvalue weighted by atomic mass is 16.2. The molecule has 2 rings (SSSR count). The number of hydrogen-bond acceptors (Lipinski definition) is 2. The summed E-state index contributed by atoms with van der Waals surface area (Å²) < 4.78 is 0. The molecule has 2 amide bonds. The van der Waals surface area contributed by atoms with E-state index in [1.807, 2.05) is 0 Å². The highest BCUT2D eigenvalue weighted by Crippen LogP contribution is 2.12. The van der Waals surface area contributed by atoms with Gasteiger partial charge in [0.2, 0.25) is 0 Å². The van der Waals surface area contributed by atoms with Crippen LogP contribution in [0.3, 0.4) is 0 Å². The van der Waals surface area contributed by atoms with Gasteiger partial charge in [-0.1, -0.05) is 0 Å². The maximum Gasteiger partial charge on any atom is 0.315 e. The molecule has 2 fully saturated rings. The Kier molecular flexibility index (Phi) is 1.69. The molecule has 0 saturated carbocycles. The third-order valence-electron chi connectivity index (χ3n) is 2.45. The summed E-state index contributed by atoms with van der Waals surface area (Å²) in [6, 6.07) is 0.401. The van der Waals surface area contributed by atoms with Gasteiger partial charge in [0.1, 0.15) is 0 Å². The Hall–Kier alpha value is -0.770. The first kappa shape index (κ1) is 6.91. The number of amides is 2. The van der Waals surface area contributed by atoms with Crippen molar-refractivity contribution in [1.82, 2.24) is 16.0 Å². The van der Waals surface area contributed by atoms with Crippen LogP contribution in [0.1, 0.15) is 6.42 Å². The van der Waals surface area contributed by atoms with Gasteiger partial charge in [0.25, 0.3) is 0 Å². The quantitative estimate of drug-likeness (QED) is 0.432. The minimum Gasteiger partial charge on any atom is -0.338 e. The minimum atomic E-state index is -0.00634. The van der Waals surface area contributed by atoms with Crippen molar-refractivity contribution in [3.8, 4) is 0 Å². The Labute approximate surface area is 65.7 Å². The van der Waals surface area contributed by atoms with Gasteiger partial charge in [-0.25, -0.2) is 4.79 Å². The Morgan fingerprint density at radius 1 is 1.36 bits per heavy atom. The second-order valence-electron chi connectivity index (χ2n) is 3.21. The zero-order chi connectivity index (χ0) is 7.68. The molecular formula is C7H13N3O. The third-order valence-corrected chi connectivity index (χ3v) is 2.45. The van der Waals surface area contributed by atoms with Crippen LogP contribution in [0.4, 0.5) is 4.79 Å².